The topological polar surface area (TPSA) is 85.1 Å². The summed E-state index contributed by atoms with van der Waals surface area (Å²) in [6, 6.07) is 4.16. The van der Waals surface area contributed by atoms with Gasteiger partial charge in [0.15, 0.2) is 11.6 Å². The second-order valence-corrected chi connectivity index (χ2v) is 7.54. The van der Waals surface area contributed by atoms with Crippen molar-refractivity contribution in [2.24, 2.45) is 0 Å². The number of sulfonamides is 1. The Bertz CT molecular complexity index is 817. The molecule has 21 heavy (non-hydrogen) atoms. The van der Waals surface area contributed by atoms with Crippen LogP contribution in [0.2, 0.25) is 5.02 Å². The van der Waals surface area contributed by atoms with E-state index in [1.54, 1.807) is 12.1 Å². The number of hydrogen-bond acceptors (Lipinski definition) is 4. The summed E-state index contributed by atoms with van der Waals surface area (Å²) in [4.78, 5) is 3.19. The van der Waals surface area contributed by atoms with E-state index in [4.69, 9.17) is 17.3 Å². The minimum Gasteiger partial charge on any atom is -0.395 e. The first-order valence-electron chi connectivity index (χ1n) is 5.30. The number of halogens is 4. The lowest BCUT2D eigenvalue weighted by molar-refractivity contribution is 0.572. The van der Waals surface area contributed by atoms with Gasteiger partial charge in [0, 0.05) is 6.20 Å². The molecule has 0 bridgehead atoms. The third-order valence-electron chi connectivity index (χ3n) is 2.44. The molecule has 10 heteroatoms. The summed E-state index contributed by atoms with van der Waals surface area (Å²) < 4.78 is 41.2. The van der Waals surface area contributed by atoms with Gasteiger partial charge in [-0.05, 0) is 50.1 Å². The monoisotopic (exact) mass is 457 g/mol. The van der Waals surface area contributed by atoms with E-state index < -0.39 is 20.7 Å². The zero-order valence-corrected chi connectivity index (χ0v) is 14.8. The molecule has 1 aromatic carbocycles. The molecule has 5 nitrogen and oxygen atoms in total. The molecule has 0 aliphatic carbocycles. The molecule has 0 fully saturated rings. The first-order chi connectivity index (χ1) is 9.74. The number of pyridine rings is 1. The standard InChI is InChI=1S/C11H7Br2ClFN3O2S/c12-5-2-1-3-17-11(5)18-21(19,20)7-4-6(14)8(13)10(16)9(7)15/h1-4H,16H2,(H,17,18). The summed E-state index contributed by atoms with van der Waals surface area (Å²) in [5.41, 5.74) is 5.09. The Morgan fingerprint density at radius 1 is 1.38 bits per heavy atom. The van der Waals surface area contributed by atoms with Crippen LogP contribution in [-0.2, 0) is 10.0 Å². The smallest absolute Gasteiger partial charge is 0.266 e. The van der Waals surface area contributed by atoms with Crippen LogP contribution in [0.25, 0.3) is 0 Å². The van der Waals surface area contributed by atoms with Crippen molar-refractivity contribution in [2.45, 2.75) is 4.90 Å². The average Bonchev–Trinajstić information content (AvgIpc) is 2.42. The maximum absolute atomic E-state index is 14.1. The molecule has 0 spiro atoms. The van der Waals surface area contributed by atoms with E-state index in [1.165, 1.54) is 6.20 Å². The molecule has 0 amide bonds. The van der Waals surface area contributed by atoms with Crippen LogP contribution in [0.3, 0.4) is 0 Å². The van der Waals surface area contributed by atoms with E-state index in [2.05, 4.69) is 41.6 Å². The SMILES string of the molecule is Nc1c(F)c(S(=O)(=O)Nc2ncccc2Br)cc(Cl)c1Br. The third-order valence-corrected chi connectivity index (χ3v) is 5.79. The van der Waals surface area contributed by atoms with Crippen LogP contribution in [0.4, 0.5) is 15.9 Å². The van der Waals surface area contributed by atoms with E-state index in [-0.39, 0.29) is 21.0 Å². The Labute approximate surface area is 142 Å². The summed E-state index contributed by atoms with van der Waals surface area (Å²) in [6.07, 6.45) is 1.39. The van der Waals surface area contributed by atoms with Crippen LogP contribution in [-0.4, -0.2) is 13.4 Å². The molecule has 0 saturated carbocycles. The normalized spacial score (nSPS) is 11.4. The van der Waals surface area contributed by atoms with Gasteiger partial charge in [-0.15, -0.1) is 0 Å². The van der Waals surface area contributed by atoms with Gasteiger partial charge in [0.2, 0.25) is 0 Å². The Morgan fingerprint density at radius 2 is 2.05 bits per heavy atom. The first-order valence-corrected chi connectivity index (χ1v) is 8.75. The number of nitrogens with one attached hydrogen (secondary N) is 1. The minimum absolute atomic E-state index is 0.0191. The van der Waals surface area contributed by atoms with Gasteiger partial charge in [0.05, 0.1) is 19.7 Å². The molecule has 0 radical (unpaired) electrons. The van der Waals surface area contributed by atoms with Gasteiger partial charge < -0.3 is 5.73 Å². The number of rotatable bonds is 3. The van der Waals surface area contributed by atoms with E-state index in [0.29, 0.717) is 4.47 Å². The van der Waals surface area contributed by atoms with Crippen molar-refractivity contribution in [3.63, 3.8) is 0 Å². The fraction of sp³-hybridized carbons (Fsp3) is 0. The maximum Gasteiger partial charge on any atom is 0.266 e. The molecule has 0 saturated heterocycles. The van der Waals surface area contributed by atoms with Gasteiger partial charge in [-0.3, -0.25) is 4.72 Å². The van der Waals surface area contributed by atoms with Gasteiger partial charge in [-0.1, -0.05) is 11.6 Å². The van der Waals surface area contributed by atoms with Crippen molar-refractivity contribution in [3.05, 3.63) is 44.2 Å². The summed E-state index contributed by atoms with van der Waals surface area (Å²) in [5.74, 6) is -1.07. The number of anilines is 2. The molecular weight excluding hydrogens is 452 g/mol. The van der Waals surface area contributed by atoms with Gasteiger partial charge in [-0.2, -0.15) is 0 Å². The number of benzene rings is 1. The molecule has 2 aromatic rings. The quantitative estimate of drug-likeness (QED) is 0.540. The molecular formula is C11H7Br2ClFN3O2S. The summed E-state index contributed by atoms with van der Waals surface area (Å²) in [6.45, 7) is 0. The Morgan fingerprint density at radius 3 is 2.67 bits per heavy atom. The number of nitrogen functional groups attached to an aromatic ring is 1. The fourth-order valence-electron chi connectivity index (χ4n) is 1.44. The molecule has 3 N–H and O–H groups in total. The Hall–Kier alpha value is -0.900. The molecule has 1 heterocycles. The van der Waals surface area contributed by atoms with Crippen LogP contribution in [0.15, 0.2) is 38.2 Å². The van der Waals surface area contributed by atoms with Crippen molar-refractivity contribution in [2.75, 3.05) is 10.5 Å². The highest BCUT2D eigenvalue weighted by molar-refractivity contribution is 9.11. The second-order valence-electron chi connectivity index (χ2n) is 3.84. The molecule has 0 aliphatic heterocycles. The van der Waals surface area contributed by atoms with Gasteiger partial charge >= 0.3 is 0 Å². The molecule has 1 aromatic heterocycles. The van der Waals surface area contributed by atoms with Crippen molar-refractivity contribution in [1.29, 1.82) is 0 Å². The van der Waals surface area contributed by atoms with Crippen molar-refractivity contribution >= 4 is 65.0 Å². The summed E-state index contributed by atoms with van der Waals surface area (Å²) >= 11 is 11.9. The number of nitrogens with zero attached hydrogens (tertiary/aromatic N) is 1. The molecule has 2 rings (SSSR count). The fourth-order valence-corrected chi connectivity index (χ4v) is 3.63. The van der Waals surface area contributed by atoms with Gasteiger partial charge in [-0.25, -0.2) is 17.8 Å². The number of aromatic nitrogens is 1. The molecule has 112 valence electrons. The van der Waals surface area contributed by atoms with Crippen molar-refractivity contribution in [1.82, 2.24) is 4.98 Å². The zero-order valence-electron chi connectivity index (χ0n) is 10.1. The Kier molecular flexibility index (Phi) is 4.76. The predicted octanol–water partition coefficient (Wildman–Crippen LogP) is 3.78. The highest BCUT2D eigenvalue weighted by Gasteiger charge is 2.25. The predicted molar refractivity (Wildman–Crippen MR) is 86.3 cm³/mol. The number of hydrogen-bond donors (Lipinski definition) is 2. The van der Waals surface area contributed by atoms with E-state index in [1.807, 2.05) is 0 Å². The van der Waals surface area contributed by atoms with Crippen LogP contribution >= 0.6 is 43.5 Å². The van der Waals surface area contributed by atoms with E-state index in [9.17, 15) is 12.8 Å². The minimum atomic E-state index is -4.23. The second kappa shape index (κ2) is 6.07. The van der Waals surface area contributed by atoms with Crippen LogP contribution < -0.4 is 10.5 Å². The number of nitrogens with two attached hydrogens (primary N) is 1. The largest absolute Gasteiger partial charge is 0.395 e. The average molecular weight is 460 g/mol. The first kappa shape index (κ1) is 16.5. The maximum atomic E-state index is 14.1. The highest BCUT2D eigenvalue weighted by Crippen LogP contribution is 2.35. The summed E-state index contributed by atoms with van der Waals surface area (Å²) in [5, 5.41) is -0.0191. The van der Waals surface area contributed by atoms with Gasteiger partial charge in [0.1, 0.15) is 4.90 Å². The molecule has 0 unspecified atom stereocenters. The molecule has 0 aliphatic rings. The van der Waals surface area contributed by atoms with Crippen LogP contribution in [0.5, 0.6) is 0 Å². The van der Waals surface area contributed by atoms with Crippen molar-refractivity contribution < 1.29 is 12.8 Å². The van der Waals surface area contributed by atoms with E-state index >= 15 is 0 Å². The van der Waals surface area contributed by atoms with Crippen LogP contribution in [0, 0.1) is 5.82 Å². The Balaban J connectivity index is 2.53. The lowest BCUT2D eigenvalue weighted by Gasteiger charge is -2.12. The van der Waals surface area contributed by atoms with Crippen molar-refractivity contribution in [3.8, 4) is 0 Å². The van der Waals surface area contributed by atoms with E-state index in [0.717, 1.165) is 6.07 Å². The third kappa shape index (κ3) is 3.31. The lowest BCUT2D eigenvalue weighted by Crippen LogP contribution is -2.17. The molecule has 0 atom stereocenters. The zero-order chi connectivity index (χ0) is 15.8. The van der Waals surface area contributed by atoms with Gasteiger partial charge in [0.25, 0.3) is 10.0 Å². The summed E-state index contributed by atoms with van der Waals surface area (Å²) in [7, 11) is -4.23. The lowest BCUT2D eigenvalue weighted by atomic mass is 10.3. The highest BCUT2D eigenvalue weighted by atomic mass is 79.9. The van der Waals surface area contributed by atoms with Crippen LogP contribution in [0.1, 0.15) is 0 Å².